The number of benzene rings is 1. The van der Waals surface area contributed by atoms with Crippen LogP contribution in [0.1, 0.15) is 31.2 Å². The van der Waals surface area contributed by atoms with Crippen molar-refractivity contribution in [1.29, 1.82) is 0 Å². The van der Waals surface area contributed by atoms with Gasteiger partial charge in [0.05, 0.1) is 5.41 Å². The Kier molecular flexibility index (Phi) is 4.10. The molecule has 0 heterocycles. The van der Waals surface area contributed by atoms with E-state index in [9.17, 15) is 9.90 Å². The number of carbonyl (C=O) groups is 1. The summed E-state index contributed by atoms with van der Waals surface area (Å²) in [5.74, 6) is -0.191. The molecule has 0 bridgehead atoms. The van der Waals surface area contributed by atoms with Crippen molar-refractivity contribution in [2.45, 2.75) is 32.1 Å². The Morgan fingerprint density at radius 1 is 1.32 bits per heavy atom. The van der Waals surface area contributed by atoms with Crippen LogP contribution in [0.2, 0.25) is 0 Å². The molecule has 4 nitrogen and oxygen atoms in total. The second-order valence-electron chi connectivity index (χ2n) is 5.68. The van der Waals surface area contributed by atoms with Gasteiger partial charge in [-0.05, 0) is 42.9 Å². The molecule has 1 atom stereocenters. The zero-order valence-electron chi connectivity index (χ0n) is 11.1. The van der Waals surface area contributed by atoms with Crippen LogP contribution in [0.25, 0.3) is 0 Å². The fourth-order valence-corrected chi connectivity index (χ4v) is 2.51. The number of rotatable bonds is 7. The van der Waals surface area contributed by atoms with Crippen molar-refractivity contribution in [3.8, 4) is 0 Å². The minimum absolute atomic E-state index is 0.216. The number of anilines is 1. The number of carboxylic acid groups (broad SMARTS) is 1. The Balaban J connectivity index is 2.02. The molecule has 1 fully saturated rings. The van der Waals surface area contributed by atoms with E-state index in [4.69, 9.17) is 11.5 Å². The molecular weight excluding hydrogens is 240 g/mol. The van der Waals surface area contributed by atoms with E-state index in [1.807, 2.05) is 24.3 Å². The van der Waals surface area contributed by atoms with Crippen LogP contribution < -0.4 is 11.5 Å². The van der Waals surface area contributed by atoms with E-state index >= 15 is 0 Å². The largest absolute Gasteiger partial charge is 0.481 e. The van der Waals surface area contributed by atoms with Crippen LogP contribution in [0.5, 0.6) is 0 Å². The van der Waals surface area contributed by atoms with E-state index in [1.54, 1.807) is 0 Å². The van der Waals surface area contributed by atoms with Gasteiger partial charge in [-0.25, -0.2) is 0 Å². The summed E-state index contributed by atoms with van der Waals surface area (Å²) in [6.45, 7) is 0.216. The molecule has 104 valence electrons. The van der Waals surface area contributed by atoms with Crippen molar-refractivity contribution in [3.05, 3.63) is 29.8 Å². The van der Waals surface area contributed by atoms with Crippen LogP contribution in [-0.2, 0) is 11.2 Å². The first-order chi connectivity index (χ1) is 9.05. The summed E-state index contributed by atoms with van der Waals surface area (Å²) in [7, 11) is 0. The first-order valence-electron chi connectivity index (χ1n) is 6.83. The molecule has 0 aromatic heterocycles. The first kappa shape index (κ1) is 13.9. The zero-order chi connectivity index (χ0) is 13.9. The van der Waals surface area contributed by atoms with Crippen molar-refractivity contribution in [1.82, 2.24) is 0 Å². The van der Waals surface area contributed by atoms with Crippen molar-refractivity contribution < 1.29 is 9.90 Å². The van der Waals surface area contributed by atoms with Crippen LogP contribution in [0.4, 0.5) is 5.69 Å². The number of aryl methyl sites for hydroxylation is 1. The predicted octanol–water partition coefficient (Wildman–Crippen LogP) is 2.03. The number of nitrogen functional groups attached to an aromatic ring is 1. The number of hydrogen-bond acceptors (Lipinski definition) is 3. The predicted molar refractivity (Wildman–Crippen MR) is 75.6 cm³/mol. The monoisotopic (exact) mass is 262 g/mol. The van der Waals surface area contributed by atoms with Gasteiger partial charge >= 0.3 is 5.97 Å². The van der Waals surface area contributed by atoms with E-state index in [0.29, 0.717) is 18.8 Å². The summed E-state index contributed by atoms with van der Waals surface area (Å²) in [6.07, 6.45) is 4.34. The van der Waals surface area contributed by atoms with Gasteiger partial charge in [-0.15, -0.1) is 0 Å². The molecule has 1 unspecified atom stereocenters. The molecule has 0 aliphatic heterocycles. The van der Waals surface area contributed by atoms with Gasteiger partial charge in [-0.1, -0.05) is 25.0 Å². The number of carboxylic acids is 1. The molecule has 1 saturated carbocycles. The second kappa shape index (κ2) is 5.61. The topological polar surface area (TPSA) is 89.3 Å². The minimum Gasteiger partial charge on any atom is -0.481 e. The van der Waals surface area contributed by atoms with Gasteiger partial charge in [0.25, 0.3) is 0 Å². The summed E-state index contributed by atoms with van der Waals surface area (Å²) in [5, 5.41) is 9.52. The average molecular weight is 262 g/mol. The highest BCUT2D eigenvalue weighted by atomic mass is 16.4. The summed E-state index contributed by atoms with van der Waals surface area (Å²) in [5.41, 5.74) is 12.5. The molecule has 0 saturated heterocycles. The lowest BCUT2D eigenvalue weighted by Crippen LogP contribution is -2.39. The fourth-order valence-electron chi connectivity index (χ4n) is 2.51. The van der Waals surface area contributed by atoms with Crippen LogP contribution in [-0.4, -0.2) is 17.6 Å². The zero-order valence-corrected chi connectivity index (χ0v) is 11.1. The van der Waals surface area contributed by atoms with Crippen LogP contribution in [0.15, 0.2) is 24.3 Å². The van der Waals surface area contributed by atoms with E-state index in [-0.39, 0.29) is 6.54 Å². The molecule has 1 aliphatic carbocycles. The molecule has 2 rings (SSSR count). The molecule has 5 N–H and O–H groups in total. The Hall–Kier alpha value is -1.55. The Morgan fingerprint density at radius 2 is 1.95 bits per heavy atom. The molecule has 0 radical (unpaired) electrons. The SMILES string of the molecule is NCC(CCc1ccc(N)cc1)(CC1CC1)C(=O)O. The highest BCUT2D eigenvalue weighted by molar-refractivity contribution is 5.75. The molecule has 0 amide bonds. The van der Waals surface area contributed by atoms with Gasteiger partial charge in [-0.2, -0.15) is 0 Å². The number of aliphatic carboxylic acids is 1. The molecule has 4 heteroatoms. The van der Waals surface area contributed by atoms with Gasteiger partial charge in [0.1, 0.15) is 0 Å². The normalized spacial score (nSPS) is 17.9. The first-order valence-corrected chi connectivity index (χ1v) is 6.83. The van der Waals surface area contributed by atoms with E-state index in [1.165, 1.54) is 0 Å². The molecular formula is C15H22N2O2. The van der Waals surface area contributed by atoms with Crippen molar-refractivity contribution in [3.63, 3.8) is 0 Å². The van der Waals surface area contributed by atoms with Crippen molar-refractivity contribution >= 4 is 11.7 Å². The van der Waals surface area contributed by atoms with E-state index < -0.39 is 11.4 Å². The van der Waals surface area contributed by atoms with Crippen LogP contribution in [0, 0.1) is 11.3 Å². The third kappa shape index (κ3) is 3.47. The van der Waals surface area contributed by atoms with E-state index in [2.05, 4.69) is 0 Å². The van der Waals surface area contributed by atoms with Crippen molar-refractivity contribution in [2.24, 2.45) is 17.1 Å². The maximum atomic E-state index is 11.6. The summed E-state index contributed by atoms with van der Waals surface area (Å²) in [4.78, 5) is 11.6. The second-order valence-corrected chi connectivity index (χ2v) is 5.68. The van der Waals surface area contributed by atoms with E-state index in [0.717, 1.165) is 30.5 Å². The fraction of sp³-hybridized carbons (Fsp3) is 0.533. The molecule has 1 aliphatic rings. The van der Waals surface area contributed by atoms with Gasteiger partial charge in [0.15, 0.2) is 0 Å². The third-order valence-electron chi connectivity index (χ3n) is 4.09. The Labute approximate surface area is 113 Å². The standard InChI is InChI=1S/C15H22N2O2/c16-10-15(14(18)19,9-12-1-2-12)8-7-11-3-5-13(17)6-4-11/h3-6,12H,1-2,7-10,16-17H2,(H,18,19). The maximum Gasteiger partial charge on any atom is 0.310 e. The average Bonchev–Trinajstić information content (AvgIpc) is 3.20. The lowest BCUT2D eigenvalue weighted by Gasteiger charge is -2.28. The minimum atomic E-state index is -0.761. The Bertz CT molecular complexity index is 440. The van der Waals surface area contributed by atoms with Gasteiger partial charge in [0.2, 0.25) is 0 Å². The summed E-state index contributed by atoms with van der Waals surface area (Å²) < 4.78 is 0. The van der Waals surface area contributed by atoms with Gasteiger partial charge in [-0.3, -0.25) is 4.79 Å². The molecule has 19 heavy (non-hydrogen) atoms. The Morgan fingerprint density at radius 3 is 2.42 bits per heavy atom. The van der Waals surface area contributed by atoms with Crippen LogP contribution in [0.3, 0.4) is 0 Å². The van der Waals surface area contributed by atoms with Crippen molar-refractivity contribution in [2.75, 3.05) is 12.3 Å². The number of hydrogen-bond donors (Lipinski definition) is 3. The number of nitrogens with two attached hydrogens (primary N) is 2. The summed E-state index contributed by atoms with van der Waals surface area (Å²) >= 11 is 0. The summed E-state index contributed by atoms with van der Waals surface area (Å²) in [6, 6.07) is 7.60. The highest BCUT2D eigenvalue weighted by Crippen LogP contribution is 2.42. The third-order valence-corrected chi connectivity index (χ3v) is 4.09. The molecule has 0 spiro atoms. The lowest BCUT2D eigenvalue weighted by molar-refractivity contribution is -0.149. The quantitative estimate of drug-likeness (QED) is 0.656. The maximum absolute atomic E-state index is 11.6. The smallest absolute Gasteiger partial charge is 0.310 e. The van der Waals surface area contributed by atoms with Gasteiger partial charge < -0.3 is 16.6 Å². The van der Waals surface area contributed by atoms with Crippen LogP contribution >= 0.6 is 0 Å². The van der Waals surface area contributed by atoms with Gasteiger partial charge in [0, 0.05) is 12.2 Å². The molecule has 1 aromatic rings. The highest BCUT2D eigenvalue weighted by Gasteiger charge is 2.41. The lowest BCUT2D eigenvalue weighted by atomic mass is 9.77. The molecule has 1 aromatic carbocycles.